The lowest BCUT2D eigenvalue weighted by atomic mass is 10.1. The average molecular weight is 353 g/mol. The number of terminal acetylenes is 1. The van der Waals surface area contributed by atoms with Gasteiger partial charge in [0.2, 0.25) is 0 Å². The first-order chi connectivity index (χ1) is 12.0. The highest BCUT2D eigenvalue weighted by Crippen LogP contribution is 2.25. The summed E-state index contributed by atoms with van der Waals surface area (Å²) in [5, 5.41) is 21.5. The van der Waals surface area contributed by atoms with Crippen molar-refractivity contribution in [2.45, 2.75) is 0 Å². The second kappa shape index (κ2) is 8.44. The van der Waals surface area contributed by atoms with Gasteiger partial charge in [-0.25, -0.2) is 0 Å². The number of carbonyl (C=O) groups excluding carboxylic acids is 1. The second-order valence-corrected chi connectivity index (χ2v) is 5.28. The van der Waals surface area contributed by atoms with Gasteiger partial charge < -0.3 is 15.2 Å². The summed E-state index contributed by atoms with van der Waals surface area (Å²) in [6.07, 6.45) is 6.55. The number of ether oxygens (including phenoxy) is 1. The first-order valence-corrected chi connectivity index (χ1v) is 7.49. The lowest BCUT2D eigenvalue weighted by Crippen LogP contribution is -2.13. The van der Waals surface area contributed by atoms with Gasteiger partial charge in [0.05, 0.1) is 0 Å². The Kier molecular flexibility index (Phi) is 6.06. The van der Waals surface area contributed by atoms with Crippen LogP contribution in [0.25, 0.3) is 6.08 Å². The lowest BCUT2D eigenvalue weighted by molar-refractivity contribution is -0.112. The Morgan fingerprint density at radius 1 is 1.32 bits per heavy atom. The fourth-order valence-electron chi connectivity index (χ4n) is 1.93. The molecule has 0 aliphatic carbocycles. The van der Waals surface area contributed by atoms with Crippen LogP contribution in [-0.4, -0.2) is 17.6 Å². The summed E-state index contributed by atoms with van der Waals surface area (Å²) in [4.78, 5) is 12.3. The van der Waals surface area contributed by atoms with Gasteiger partial charge in [0.1, 0.15) is 29.7 Å². The number of hydrogen-bond acceptors (Lipinski definition) is 4. The molecule has 2 aromatic rings. The summed E-state index contributed by atoms with van der Waals surface area (Å²) >= 11 is 5.97. The Hall–Kier alpha value is -3.41. The SMILES string of the molecule is C#CCOc1ccc(Cl)cc1C=C(C#N)C(=O)Nc1ccc(O)cc1. The van der Waals surface area contributed by atoms with Gasteiger partial charge in [-0.2, -0.15) is 5.26 Å². The zero-order valence-electron chi connectivity index (χ0n) is 13.0. The standard InChI is InChI=1S/C19H13ClN2O3/c1-2-9-25-18-8-3-15(20)11-13(18)10-14(12-21)19(24)22-16-4-6-17(23)7-5-16/h1,3-8,10-11,23H,9H2,(H,22,24). The van der Waals surface area contributed by atoms with Crippen molar-refractivity contribution in [3.8, 4) is 29.9 Å². The number of amides is 1. The molecular weight excluding hydrogens is 340 g/mol. The first kappa shape index (κ1) is 17.9. The summed E-state index contributed by atoms with van der Waals surface area (Å²) in [5.74, 6) is 2.23. The van der Waals surface area contributed by atoms with Crippen LogP contribution in [0.2, 0.25) is 5.02 Å². The molecule has 124 valence electrons. The Morgan fingerprint density at radius 3 is 2.68 bits per heavy atom. The van der Waals surface area contributed by atoms with Crippen LogP contribution in [0.3, 0.4) is 0 Å². The number of benzene rings is 2. The number of hydrogen-bond donors (Lipinski definition) is 2. The molecule has 5 nitrogen and oxygen atoms in total. The minimum atomic E-state index is -0.601. The monoisotopic (exact) mass is 352 g/mol. The van der Waals surface area contributed by atoms with Crippen molar-refractivity contribution in [1.29, 1.82) is 5.26 Å². The van der Waals surface area contributed by atoms with E-state index in [-0.39, 0.29) is 17.9 Å². The van der Waals surface area contributed by atoms with Crippen LogP contribution in [0.15, 0.2) is 48.0 Å². The van der Waals surface area contributed by atoms with Crippen molar-refractivity contribution >= 4 is 29.3 Å². The van der Waals surface area contributed by atoms with Crippen LogP contribution >= 0.6 is 11.6 Å². The number of phenols is 1. The Morgan fingerprint density at radius 2 is 2.04 bits per heavy atom. The molecule has 0 unspecified atom stereocenters. The molecular formula is C19H13ClN2O3. The van der Waals surface area contributed by atoms with Gasteiger partial charge in [-0.3, -0.25) is 4.79 Å². The predicted molar refractivity (Wildman–Crippen MR) is 96.1 cm³/mol. The van der Waals surface area contributed by atoms with Crippen molar-refractivity contribution in [1.82, 2.24) is 0 Å². The maximum atomic E-state index is 12.3. The van der Waals surface area contributed by atoms with E-state index < -0.39 is 5.91 Å². The fraction of sp³-hybridized carbons (Fsp3) is 0.0526. The highest BCUT2D eigenvalue weighted by atomic mass is 35.5. The molecule has 0 heterocycles. The van der Waals surface area contributed by atoms with Gasteiger partial charge in [0.25, 0.3) is 5.91 Å². The Labute approximate surface area is 150 Å². The molecule has 0 atom stereocenters. The van der Waals surface area contributed by atoms with E-state index in [9.17, 15) is 15.2 Å². The number of nitriles is 1. The van der Waals surface area contributed by atoms with Gasteiger partial charge in [0, 0.05) is 16.3 Å². The van der Waals surface area contributed by atoms with Crippen molar-refractivity contribution < 1.29 is 14.6 Å². The summed E-state index contributed by atoms with van der Waals surface area (Å²) in [6, 6.07) is 12.5. The van der Waals surface area contributed by atoms with E-state index >= 15 is 0 Å². The summed E-state index contributed by atoms with van der Waals surface area (Å²) in [5.41, 5.74) is 0.764. The first-order valence-electron chi connectivity index (χ1n) is 7.11. The highest BCUT2D eigenvalue weighted by molar-refractivity contribution is 6.30. The zero-order valence-corrected chi connectivity index (χ0v) is 13.7. The smallest absolute Gasteiger partial charge is 0.266 e. The van der Waals surface area contributed by atoms with E-state index in [1.165, 1.54) is 30.3 Å². The molecule has 0 aromatic heterocycles. The maximum Gasteiger partial charge on any atom is 0.266 e. The van der Waals surface area contributed by atoms with Crippen molar-refractivity contribution in [3.63, 3.8) is 0 Å². The molecule has 25 heavy (non-hydrogen) atoms. The van der Waals surface area contributed by atoms with Crippen LogP contribution in [0, 0.1) is 23.7 Å². The van der Waals surface area contributed by atoms with Crippen LogP contribution in [-0.2, 0) is 4.79 Å². The minimum Gasteiger partial charge on any atom is -0.508 e. The molecule has 6 heteroatoms. The fourth-order valence-corrected chi connectivity index (χ4v) is 2.11. The highest BCUT2D eigenvalue weighted by Gasteiger charge is 2.12. The molecule has 2 N–H and O–H groups in total. The summed E-state index contributed by atoms with van der Waals surface area (Å²) in [7, 11) is 0. The Balaban J connectivity index is 2.29. The molecule has 0 fully saturated rings. The number of nitrogens with one attached hydrogen (secondary N) is 1. The second-order valence-electron chi connectivity index (χ2n) is 4.85. The van der Waals surface area contributed by atoms with Crippen LogP contribution in [0.5, 0.6) is 11.5 Å². The summed E-state index contributed by atoms with van der Waals surface area (Å²) < 4.78 is 5.39. The number of halogens is 1. The quantitative estimate of drug-likeness (QED) is 0.373. The number of anilines is 1. The molecule has 0 saturated carbocycles. The molecule has 0 bridgehead atoms. The average Bonchev–Trinajstić information content (AvgIpc) is 2.60. The molecule has 0 aliphatic rings. The zero-order chi connectivity index (χ0) is 18.2. The van der Waals surface area contributed by atoms with E-state index in [0.29, 0.717) is 22.0 Å². The molecule has 0 spiro atoms. The third kappa shape index (κ3) is 5.04. The maximum absolute atomic E-state index is 12.3. The van der Waals surface area contributed by atoms with Gasteiger partial charge in [-0.15, -0.1) is 6.42 Å². The lowest BCUT2D eigenvalue weighted by Gasteiger charge is -2.08. The number of carbonyl (C=O) groups is 1. The number of rotatable bonds is 5. The molecule has 0 saturated heterocycles. The molecule has 0 radical (unpaired) electrons. The van der Waals surface area contributed by atoms with Crippen LogP contribution in [0.4, 0.5) is 5.69 Å². The van der Waals surface area contributed by atoms with Gasteiger partial charge in [-0.1, -0.05) is 17.5 Å². The van der Waals surface area contributed by atoms with E-state index in [0.717, 1.165) is 0 Å². The minimum absolute atomic E-state index is 0.0457. The molecule has 0 aliphatic heterocycles. The Bertz CT molecular complexity index is 890. The van der Waals surface area contributed by atoms with E-state index in [1.807, 2.05) is 6.07 Å². The third-order valence-electron chi connectivity index (χ3n) is 3.07. The van der Waals surface area contributed by atoms with Gasteiger partial charge in [-0.05, 0) is 48.5 Å². The van der Waals surface area contributed by atoms with Gasteiger partial charge >= 0.3 is 0 Å². The van der Waals surface area contributed by atoms with Crippen molar-refractivity contribution in [2.24, 2.45) is 0 Å². The predicted octanol–water partition coefficient (Wildman–Crippen LogP) is 3.60. The summed E-state index contributed by atoms with van der Waals surface area (Å²) in [6.45, 7) is 0.0457. The normalized spacial score (nSPS) is 10.4. The van der Waals surface area contributed by atoms with Gasteiger partial charge in [0.15, 0.2) is 0 Å². The number of phenolic OH excluding ortho intramolecular Hbond substituents is 1. The van der Waals surface area contributed by atoms with E-state index in [4.69, 9.17) is 22.8 Å². The molecule has 2 rings (SSSR count). The number of nitrogens with zero attached hydrogens (tertiary/aromatic N) is 1. The van der Waals surface area contributed by atoms with Crippen molar-refractivity contribution in [2.75, 3.05) is 11.9 Å². The van der Waals surface area contributed by atoms with E-state index in [2.05, 4.69) is 11.2 Å². The van der Waals surface area contributed by atoms with E-state index in [1.54, 1.807) is 18.2 Å². The number of aromatic hydroxyl groups is 1. The topological polar surface area (TPSA) is 82.3 Å². The van der Waals surface area contributed by atoms with Crippen LogP contribution < -0.4 is 10.1 Å². The van der Waals surface area contributed by atoms with Crippen LogP contribution in [0.1, 0.15) is 5.56 Å². The van der Waals surface area contributed by atoms with Crippen molar-refractivity contribution in [3.05, 3.63) is 58.6 Å². The molecule has 1 amide bonds. The largest absolute Gasteiger partial charge is 0.508 e. The third-order valence-corrected chi connectivity index (χ3v) is 3.31. The molecule has 2 aromatic carbocycles.